The molecule has 1 aliphatic heterocycles. The number of piperazine rings is 1. The molecule has 0 spiro atoms. The van der Waals surface area contributed by atoms with Crippen LogP contribution in [0.3, 0.4) is 0 Å². The van der Waals surface area contributed by atoms with Crippen LogP contribution in [0, 0.1) is 5.92 Å². The normalized spacial score (nSPS) is 22.2. The fraction of sp³-hybridized carbons (Fsp3) is 0.733. The van der Waals surface area contributed by atoms with E-state index in [1.165, 1.54) is 5.56 Å². The predicted octanol–water partition coefficient (Wildman–Crippen LogP) is 1.80. The lowest BCUT2D eigenvalue weighted by Crippen LogP contribution is -2.53. The molecule has 1 aromatic rings. The summed E-state index contributed by atoms with van der Waals surface area (Å²) in [7, 11) is 0. The monoisotopic (exact) mass is 266 g/mol. The molecular formula is C15H26N2O2. The van der Waals surface area contributed by atoms with E-state index in [4.69, 9.17) is 4.42 Å². The third-order valence-electron chi connectivity index (χ3n) is 3.74. The van der Waals surface area contributed by atoms with Crippen molar-refractivity contribution in [2.45, 2.75) is 32.9 Å². The molecule has 0 unspecified atom stereocenters. The van der Waals surface area contributed by atoms with Crippen LogP contribution in [0.2, 0.25) is 0 Å². The van der Waals surface area contributed by atoms with Crippen LogP contribution in [0.1, 0.15) is 25.8 Å². The highest BCUT2D eigenvalue weighted by atomic mass is 16.3. The van der Waals surface area contributed by atoms with Crippen molar-refractivity contribution in [3.8, 4) is 0 Å². The van der Waals surface area contributed by atoms with Gasteiger partial charge in [0.05, 0.1) is 12.5 Å². The number of aliphatic hydroxyl groups excluding tert-OH is 1. The number of hydrogen-bond donors (Lipinski definition) is 1. The molecule has 1 aromatic heterocycles. The van der Waals surface area contributed by atoms with Gasteiger partial charge in [-0.25, -0.2) is 0 Å². The van der Waals surface area contributed by atoms with E-state index >= 15 is 0 Å². The Hall–Kier alpha value is -0.840. The summed E-state index contributed by atoms with van der Waals surface area (Å²) in [6.07, 6.45) is 4.40. The molecule has 0 radical (unpaired) electrons. The van der Waals surface area contributed by atoms with Crippen molar-refractivity contribution in [2.75, 3.05) is 32.8 Å². The van der Waals surface area contributed by atoms with Gasteiger partial charge in [0.2, 0.25) is 0 Å². The first-order valence-corrected chi connectivity index (χ1v) is 7.27. The highest BCUT2D eigenvalue weighted by molar-refractivity contribution is 5.05. The Morgan fingerprint density at radius 1 is 1.42 bits per heavy atom. The van der Waals surface area contributed by atoms with E-state index < -0.39 is 0 Å². The molecule has 2 heterocycles. The summed E-state index contributed by atoms with van der Waals surface area (Å²) in [6.45, 7) is 10.1. The average Bonchev–Trinajstić information content (AvgIpc) is 2.85. The second-order valence-electron chi connectivity index (χ2n) is 5.92. The van der Waals surface area contributed by atoms with Gasteiger partial charge >= 0.3 is 0 Å². The predicted molar refractivity (Wildman–Crippen MR) is 75.9 cm³/mol. The van der Waals surface area contributed by atoms with Crippen molar-refractivity contribution < 1.29 is 9.52 Å². The number of hydrogen-bond acceptors (Lipinski definition) is 4. The first kappa shape index (κ1) is 14.6. The maximum absolute atomic E-state index is 9.27. The van der Waals surface area contributed by atoms with E-state index in [0.29, 0.717) is 12.0 Å². The van der Waals surface area contributed by atoms with Crippen LogP contribution >= 0.6 is 0 Å². The summed E-state index contributed by atoms with van der Waals surface area (Å²) in [4.78, 5) is 4.99. The lowest BCUT2D eigenvalue weighted by molar-refractivity contribution is 0.0482. The molecular weight excluding hydrogens is 240 g/mol. The van der Waals surface area contributed by atoms with Crippen molar-refractivity contribution in [2.24, 2.45) is 5.92 Å². The molecule has 0 bridgehead atoms. The summed E-state index contributed by atoms with van der Waals surface area (Å²) in [6, 6.07) is 2.48. The van der Waals surface area contributed by atoms with Crippen molar-refractivity contribution >= 4 is 0 Å². The highest BCUT2D eigenvalue weighted by Crippen LogP contribution is 2.17. The maximum atomic E-state index is 9.27. The Balaban J connectivity index is 1.92. The molecule has 2 rings (SSSR count). The van der Waals surface area contributed by atoms with Crippen molar-refractivity contribution in [1.29, 1.82) is 0 Å². The molecule has 1 atom stereocenters. The van der Waals surface area contributed by atoms with Gasteiger partial charge in [-0.3, -0.25) is 4.90 Å². The third kappa shape index (κ3) is 4.34. The molecule has 0 saturated carbocycles. The lowest BCUT2D eigenvalue weighted by Gasteiger charge is -2.41. The molecule has 4 heteroatoms. The molecule has 1 saturated heterocycles. The molecule has 1 fully saturated rings. The smallest absolute Gasteiger partial charge is 0.0947 e. The SMILES string of the molecule is CC(C)CN1CCN(Cc2ccoc2)[C@@H](CCO)C1. The van der Waals surface area contributed by atoms with Gasteiger partial charge in [0.25, 0.3) is 0 Å². The minimum atomic E-state index is 0.266. The molecule has 0 amide bonds. The second-order valence-corrected chi connectivity index (χ2v) is 5.92. The van der Waals surface area contributed by atoms with Crippen LogP contribution in [0.15, 0.2) is 23.0 Å². The van der Waals surface area contributed by atoms with E-state index in [0.717, 1.165) is 39.1 Å². The summed E-state index contributed by atoms with van der Waals surface area (Å²) >= 11 is 0. The highest BCUT2D eigenvalue weighted by Gasteiger charge is 2.26. The standard InChI is InChI=1S/C15H26N2O2/c1-13(2)9-16-5-6-17(15(11-16)3-7-18)10-14-4-8-19-12-14/h4,8,12-13,15,18H,3,5-7,9-11H2,1-2H3/t15-/m0/s1. The van der Waals surface area contributed by atoms with Crippen LogP contribution in [0.4, 0.5) is 0 Å². The minimum absolute atomic E-state index is 0.266. The zero-order valence-corrected chi connectivity index (χ0v) is 12.1. The minimum Gasteiger partial charge on any atom is -0.472 e. The van der Waals surface area contributed by atoms with Gasteiger partial charge in [0.1, 0.15) is 0 Å². The molecule has 1 N–H and O–H groups in total. The Labute approximate surface area is 116 Å². The summed E-state index contributed by atoms with van der Waals surface area (Å²) in [5.74, 6) is 0.704. The van der Waals surface area contributed by atoms with Gasteiger partial charge in [0, 0.05) is 50.9 Å². The zero-order chi connectivity index (χ0) is 13.7. The second kappa shape index (κ2) is 7.08. The number of rotatable bonds is 6. The number of furan rings is 1. The van der Waals surface area contributed by atoms with Gasteiger partial charge in [-0.2, -0.15) is 0 Å². The Morgan fingerprint density at radius 2 is 2.26 bits per heavy atom. The summed E-state index contributed by atoms with van der Waals surface area (Å²) < 4.78 is 5.14. The first-order valence-electron chi connectivity index (χ1n) is 7.27. The van der Waals surface area contributed by atoms with E-state index in [1.54, 1.807) is 6.26 Å². The van der Waals surface area contributed by atoms with Gasteiger partial charge in [-0.15, -0.1) is 0 Å². The zero-order valence-electron chi connectivity index (χ0n) is 12.1. The Bertz CT molecular complexity index is 351. The molecule has 0 aliphatic carbocycles. The third-order valence-corrected chi connectivity index (χ3v) is 3.74. The fourth-order valence-corrected chi connectivity index (χ4v) is 2.89. The Morgan fingerprint density at radius 3 is 2.89 bits per heavy atom. The van der Waals surface area contributed by atoms with Crippen LogP contribution in [-0.4, -0.2) is 53.7 Å². The van der Waals surface area contributed by atoms with Gasteiger partial charge < -0.3 is 14.4 Å². The van der Waals surface area contributed by atoms with Crippen LogP contribution in [0.5, 0.6) is 0 Å². The van der Waals surface area contributed by atoms with Crippen LogP contribution in [-0.2, 0) is 6.54 Å². The van der Waals surface area contributed by atoms with Gasteiger partial charge in [-0.05, 0) is 18.4 Å². The van der Waals surface area contributed by atoms with Gasteiger partial charge in [0.15, 0.2) is 0 Å². The summed E-state index contributed by atoms with van der Waals surface area (Å²) in [5, 5.41) is 9.27. The van der Waals surface area contributed by atoms with E-state index in [2.05, 4.69) is 23.6 Å². The topological polar surface area (TPSA) is 39.9 Å². The number of aliphatic hydroxyl groups is 1. The maximum Gasteiger partial charge on any atom is 0.0947 e. The van der Waals surface area contributed by atoms with Crippen molar-refractivity contribution in [3.63, 3.8) is 0 Å². The molecule has 4 nitrogen and oxygen atoms in total. The summed E-state index contributed by atoms with van der Waals surface area (Å²) in [5.41, 5.74) is 1.22. The van der Waals surface area contributed by atoms with Crippen molar-refractivity contribution in [3.05, 3.63) is 24.2 Å². The molecule has 0 aromatic carbocycles. The van der Waals surface area contributed by atoms with Crippen LogP contribution in [0.25, 0.3) is 0 Å². The van der Waals surface area contributed by atoms with E-state index in [9.17, 15) is 5.11 Å². The van der Waals surface area contributed by atoms with Crippen molar-refractivity contribution in [1.82, 2.24) is 9.80 Å². The Kier molecular flexibility index (Phi) is 5.43. The van der Waals surface area contributed by atoms with Crippen LogP contribution < -0.4 is 0 Å². The molecule has 108 valence electrons. The quantitative estimate of drug-likeness (QED) is 0.852. The lowest BCUT2D eigenvalue weighted by atomic mass is 10.1. The van der Waals surface area contributed by atoms with Gasteiger partial charge in [-0.1, -0.05) is 13.8 Å². The first-order chi connectivity index (χ1) is 9.19. The molecule has 1 aliphatic rings. The van der Waals surface area contributed by atoms with E-state index in [1.807, 2.05) is 12.3 Å². The average molecular weight is 266 g/mol. The fourth-order valence-electron chi connectivity index (χ4n) is 2.89. The van der Waals surface area contributed by atoms with E-state index in [-0.39, 0.29) is 6.61 Å². The number of nitrogens with zero attached hydrogens (tertiary/aromatic N) is 2. The molecule has 19 heavy (non-hydrogen) atoms. The largest absolute Gasteiger partial charge is 0.472 e.